The van der Waals surface area contributed by atoms with E-state index >= 15 is 0 Å². The van der Waals surface area contributed by atoms with Crippen molar-refractivity contribution in [3.05, 3.63) is 83.6 Å². The standard InChI is InChI=1S/C24H24FN7O/c1-31(2)24(29-16-26)21-8-9-22(32(17-33)15-19-6-4-11-27-14-19)23(30-21)28-12-10-18-5-3-7-20(25)13-18/h3-9,11,13-14,17H,10,12,15H2,1-2H3,(H,28,30)/b29-24+. The maximum atomic E-state index is 13.5. The number of amides is 1. The molecule has 0 spiro atoms. The van der Waals surface area contributed by atoms with Crippen LogP contribution in [0.25, 0.3) is 0 Å². The minimum absolute atomic E-state index is 0.291. The lowest BCUT2D eigenvalue weighted by atomic mass is 10.1. The maximum Gasteiger partial charge on any atom is 0.214 e. The number of anilines is 2. The molecule has 2 heterocycles. The molecule has 9 heteroatoms. The Kier molecular flexibility index (Phi) is 8.02. The zero-order chi connectivity index (χ0) is 23.6. The molecule has 0 fully saturated rings. The molecule has 0 aliphatic heterocycles. The van der Waals surface area contributed by atoms with E-state index in [1.54, 1.807) is 61.8 Å². The molecule has 168 valence electrons. The summed E-state index contributed by atoms with van der Waals surface area (Å²) in [6, 6.07) is 13.6. The predicted molar refractivity (Wildman–Crippen MR) is 125 cm³/mol. The number of benzene rings is 1. The highest BCUT2D eigenvalue weighted by Crippen LogP contribution is 2.26. The normalized spacial score (nSPS) is 10.9. The second-order valence-corrected chi connectivity index (χ2v) is 7.40. The molecule has 1 amide bonds. The Balaban J connectivity index is 1.92. The summed E-state index contributed by atoms with van der Waals surface area (Å²) < 4.78 is 13.5. The van der Waals surface area contributed by atoms with Crippen molar-refractivity contribution in [1.29, 1.82) is 5.26 Å². The summed E-state index contributed by atoms with van der Waals surface area (Å²) in [7, 11) is 3.53. The van der Waals surface area contributed by atoms with Gasteiger partial charge in [-0.15, -0.1) is 0 Å². The van der Waals surface area contributed by atoms with E-state index in [0.717, 1.165) is 17.5 Å². The van der Waals surface area contributed by atoms with Crippen LogP contribution in [0, 0.1) is 17.3 Å². The van der Waals surface area contributed by atoms with Crippen LogP contribution < -0.4 is 10.2 Å². The number of aliphatic imine (C=N–C) groups is 1. The van der Waals surface area contributed by atoms with Crippen molar-refractivity contribution in [3.8, 4) is 6.19 Å². The van der Waals surface area contributed by atoms with Crippen molar-refractivity contribution in [2.75, 3.05) is 30.9 Å². The van der Waals surface area contributed by atoms with Crippen molar-refractivity contribution in [1.82, 2.24) is 14.9 Å². The largest absolute Gasteiger partial charge is 0.368 e. The Morgan fingerprint density at radius 1 is 1.21 bits per heavy atom. The Hall–Kier alpha value is -4.32. The molecule has 33 heavy (non-hydrogen) atoms. The number of carbonyl (C=O) groups excluding carboxylic acids is 1. The second-order valence-electron chi connectivity index (χ2n) is 7.40. The molecule has 0 saturated carbocycles. The van der Waals surface area contributed by atoms with E-state index in [4.69, 9.17) is 5.26 Å². The molecule has 0 saturated heterocycles. The van der Waals surface area contributed by atoms with Gasteiger partial charge >= 0.3 is 0 Å². The minimum Gasteiger partial charge on any atom is -0.368 e. The fraction of sp³-hybridized carbons (Fsp3) is 0.208. The topological polar surface area (TPSA) is 97.5 Å². The van der Waals surface area contributed by atoms with E-state index in [1.165, 1.54) is 17.0 Å². The quantitative estimate of drug-likeness (QED) is 0.235. The number of rotatable bonds is 9. The van der Waals surface area contributed by atoms with Crippen LogP contribution in [0.3, 0.4) is 0 Å². The van der Waals surface area contributed by atoms with Gasteiger partial charge in [0.2, 0.25) is 12.6 Å². The molecule has 1 aromatic carbocycles. The van der Waals surface area contributed by atoms with Crippen molar-refractivity contribution < 1.29 is 9.18 Å². The fourth-order valence-electron chi connectivity index (χ4n) is 3.26. The molecule has 8 nitrogen and oxygen atoms in total. The summed E-state index contributed by atoms with van der Waals surface area (Å²) in [5.41, 5.74) is 2.74. The molecule has 0 aliphatic carbocycles. The van der Waals surface area contributed by atoms with Gasteiger partial charge in [0.25, 0.3) is 0 Å². The number of nitrogens with one attached hydrogen (secondary N) is 1. The first kappa shape index (κ1) is 23.3. The average Bonchev–Trinajstić information content (AvgIpc) is 2.82. The van der Waals surface area contributed by atoms with Gasteiger partial charge in [-0.25, -0.2) is 9.37 Å². The van der Waals surface area contributed by atoms with E-state index in [0.29, 0.717) is 42.5 Å². The van der Waals surface area contributed by atoms with Gasteiger partial charge in [-0.2, -0.15) is 10.3 Å². The van der Waals surface area contributed by atoms with Gasteiger partial charge in [0.1, 0.15) is 11.5 Å². The molecule has 3 rings (SSSR count). The van der Waals surface area contributed by atoms with Gasteiger partial charge in [0.05, 0.1) is 12.2 Å². The molecule has 0 atom stereocenters. The third-order valence-corrected chi connectivity index (χ3v) is 4.79. The smallest absolute Gasteiger partial charge is 0.214 e. The molecule has 2 aromatic heterocycles. The Bertz CT molecular complexity index is 1160. The summed E-state index contributed by atoms with van der Waals surface area (Å²) >= 11 is 0. The van der Waals surface area contributed by atoms with Crippen LogP contribution in [-0.2, 0) is 17.8 Å². The van der Waals surface area contributed by atoms with Crippen LogP contribution in [0.1, 0.15) is 16.8 Å². The molecule has 0 radical (unpaired) electrons. The van der Waals surface area contributed by atoms with Gasteiger partial charge in [-0.05, 0) is 47.9 Å². The lowest BCUT2D eigenvalue weighted by Crippen LogP contribution is -2.26. The molecular formula is C24H24FN7O. The average molecular weight is 446 g/mol. The van der Waals surface area contributed by atoms with Gasteiger partial charge < -0.3 is 15.1 Å². The number of halogens is 1. The van der Waals surface area contributed by atoms with E-state index in [1.807, 2.05) is 12.1 Å². The summed E-state index contributed by atoms with van der Waals surface area (Å²) in [6.45, 7) is 0.767. The van der Waals surface area contributed by atoms with Crippen LogP contribution in [0.4, 0.5) is 15.9 Å². The third kappa shape index (κ3) is 6.33. The second kappa shape index (κ2) is 11.3. The maximum absolute atomic E-state index is 13.5. The number of nitriles is 1. The first-order chi connectivity index (χ1) is 16.0. The molecule has 0 bridgehead atoms. The Labute approximate surface area is 192 Å². The number of amidine groups is 1. The number of nitrogens with zero attached hydrogens (tertiary/aromatic N) is 6. The van der Waals surface area contributed by atoms with Crippen molar-refractivity contribution >= 4 is 23.8 Å². The highest BCUT2D eigenvalue weighted by molar-refractivity contribution is 5.98. The number of hydrogen-bond donors (Lipinski definition) is 1. The van der Waals surface area contributed by atoms with Gasteiger partial charge in [-0.1, -0.05) is 18.2 Å². The van der Waals surface area contributed by atoms with Gasteiger partial charge in [0, 0.05) is 33.0 Å². The number of aromatic nitrogens is 2. The third-order valence-electron chi connectivity index (χ3n) is 4.79. The fourth-order valence-corrected chi connectivity index (χ4v) is 3.26. The molecular weight excluding hydrogens is 421 g/mol. The van der Waals surface area contributed by atoms with E-state index in [2.05, 4.69) is 20.3 Å². The highest BCUT2D eigenvalue weighted by Gasteiger charge is 2.17. The lowest BCUT2D eigenvalue weighted by molar-refractivity contribution is -0.107. The Morgan fingerprint density at radius 2 is 2.03 bits per heavy atom. The van der Waals surface area contributed by atoms with Crippen molar-refractivity contribution in [3.63, 3.8) is 0 Å². The Morgan fingerprint density at radius 3 is 2.70 bits per heavy atom. The van der Waals surface area contributed by atoms with Crippen molar-refractivity contribution in [2.24, 2.45) is 4.99 Å². The van der Waals surface area contributed by atoms with Crippen LogP contribution >= 0.6 is 0 Å². The first-order valence-corrected chi connectivity index (χ1v) is 10.3. The number of pyridine rings is 2. The zero-order valence-electron chi connectivity index (χ0n) is 18.4. The summed E-state index contributed by atoms with van der Waals surface area (Å²) in [5, 5.41) is 12.3. The first-order valence-electron chi connectivity index (χ1n) is 10.3. The van der Waals surface area contributed by atoms with Crippen LogP contribution in [0.5, 0.6) is 0 Å². The van der Waals surface area contributed by atoms with Crippen molar-refractivity contribution in [2.45, 2.75) is 13.0 Å². The summed E-state index contributed by atoms with van der Waals surface area (Å²) in [4.78, 5) is 27.8. The van der Waals surface area contributed by atoms with Crippen LogP contribution in [-0.4, -0.2) is 47.8 Å². The molecule has 0 unspecified atom stereocenters. The lowest BCUT2D eigenvalue weighted by Gasteiger charge is -2.22. The minimum atomic E-state index is -0.291. The van der Waals surface area contributed by atoms with Crippen LogP contribution in [0.15, 0.2) is 65.9 Å². The number of carbonyl (C=O) groups is 1. The molecule has 0 aliphatic rings. The van der Waals surface area contributed by atoms with Crippen LogP contribution in [0.2, 0.25) is 0 Å². The summed E-state index contributed by atoms with van der Waals surface area (Å²) in [6.07, 6.45) is 6.45. The number of hydrogen-bond acceptors (Lipinski definition) is 6. The monoisotopic (exact) mass is 445 g/mol. The SMILES string of the molecule is CN(C)/C(=N/C#N)c1ccc(N(C=O)Cc2cccnc2)c(NCCc2cccc(F)c2)n1. The van der Waals surface area contributed by atoms with E-state index in [9.17, 15) is 9.18 Å². The zero-order valence-corrected chi connectivity index (χ0v) is 18.4. The predicted octanol–water partition coefficient (Wildman–Crippen LogP) is 3.22. The van der Waals surface area contributed by atoms with Gasteiger partial charge in [-0.3, -0.25) is 9.78 Å². The van der Waals surface area contributed by atoms with E-state index < -0.39 is 0 Å². The molecule has 1 N–H and O–H groups in total. The highest BCUT2D eigenvalue weighted by atomic mass is 19.1. The van der Waals surface area contributed by atoms with Gasteiger partial charge in [0.15, 0.2) is 11.7 Å². The molecule has 3 aromatic rings. The van der Waals surface area contributed by atoms with E-state index in [-0.39, 0.29) is 5.82 Å². The summed E-state index contributed by atoms with van der Waals surface area (Å²) in [5.74, 6) is 0.551.